The van der Waals surface area contributed by atoms with Crippen LogP contribution in [0.5, 0.6) is 0 Å². The van der Waals surface area contributed by atoms with Crippen LogP contribution in [0.2, 0.25) is 0 Å². The molecule has 0 unspecified atom stereocenters. The molecule has 0 atom stereocenters. The number of imidazole rings is 1. The first-order chi connectivity index (χ1) is 11.4. The number of carbonyl (C=O) groups excluding carboxylic acids is 1. The van der Waals surface area contributed by atoms with E-state index in [1.807, 2.05) is 0 Å². The average Bonchev–Trinajstić information content (AvgIpc) is 3.18. The van der Waals surface area contributed by atoms with Crippen LogP contribution < -0.4 is 5.73 Å². The predicted octanol–water partition coefficient (Wildman–Crippen LogP) is 1.62. The van der Waals surface area contributed by atoms with E-state index in [0.29, 0.717) is 22.2 Å². The number of hydrogen-bond acceptors (Lipinski definition) is 5. The first-order valence-electron chi connectivity index (χ1n) is 7.11. The van der Waals surface area contributed by atoms with Crippen LogP contribution in [0.15, 0.2) is 41.2 Å². The largest absolute Gasteiger partial charge is 0.481 e. The van der Waals surface area contributed by atoms with E-state index < -0.39 is 11.9 Å². The van der Waals surface area contributed by atoms with Crippen LogP contribution in [0.4, 0.5) is 0 Å². The van der Waals surface area contributed by atoms with Crippen molar-refractivity contribution in [3.05, 3.63) is 53.8 Å². The smallest absolute Gasteiger partial charge is 0.303 e. The quantitative estimate of drug-likeness (QED) is 0.481. The first-order valence-corrected chi connectivity index (χ1v) is 7.11. The van der Waals surface area contributed by atoms with Gasteiger partial charge in [0, 0.05) is 23.6 Å². The Morgan fingerprint density at radius 1 is 1.33 bits per heavy atom. The highest BCUT2D eigenvalue weighted by atomic mass is 16.4. The van der Waals surface area contributed by atoms with Gasteiger partial charge in [0.05, 0.1) is 12.1 Å². The molecule has 0 saturated carbocycles. The van der Waals surface area contributed by atoms with Gasteiger partial charge in [-0.3, -0.25) is 19.6 Å². The zero-order valence-electron chi connectivity index (χ0n) is 12.5. The number of rotatable bonds is 5. The number of nitrogens with one attached hydrogen (secondary N) is 1. The maximum absolute atomic E-state index is 12.4. The molecule has 0 amide bonds. The Morgan fingerprint density at radius 2 is 2.12 bits per heavy atom. The summed E-state index contributed by atoms with van der Waals surface area (Å²) in [5, 5.41) is 16.8. The minimum atomic E-state index is -0.922. The van der Waals surface area contributed by atoms with Gasteiger partial charge in [0.25, 0.3) is 5.91 Å². The molecule has 0 fully saturated rings. The molecule has 0 saturated heterocycles. The molecule has 0 spiro atoms. The minimum Gasteiger partial charge on any atom is -0.481 e. The van der Waals surface area contributed by atoms with Gasteiger partial charge in [0.1, 0.15) is 17.7 Å². The zero-order chi connectivity index (χ0) is 17.3. The summed E-state index contributed by atoms with van der Waals surface area (Å²) in [4.78, 5) is 27.0. The topological polar surface area (TPSA) is 135 Å². The summed E-state index contributed by atoms with van der Waals surface area (Å²) in [5.74, 6) is -1.28. The van der Waals surface area contributed by atoms with E-state index in [2.05, 4.69) is 4.98 Å². The molecule has 2 heterocycles. The standard InChI is InChI=1S/C16H14N4O4/c17-15(18)9-1-3-12-10(5-9)6-13(24-12)16(23)20-7-11(19-8-20)2-4-14(21)22/h1,3,5-8H,2,4H2,(H3,17,18)(H,21,22). The highest BCUT2D eigenvalue weighted by Gasteiger charge is 2.16. The van der Waals surface area contributed by atoms with Gasteiger partial charge in [0.15, 0.2) is 5.76 Å². The van der Waals surface area contributed by atoms with Crippen LogP contribution in [0, 0.1) is 5.41 Å². The van der Waals surface area contributed by atoms with Gasteiger partial charge < -0.3 is 15.3 Å². The molecule has 24 heavy (non-hydrogen) atoms. The lowest BCUT2D eigenvalue weighted by molar-refractivity contribution is -0.136. The second kappa shape index (κ2) is 5.99. The number of hydrogen-bond donors (Lipinski definition) is 3. The Morgan fingerprint density at radius 3 is 2.83 bits per heavy atom. The third kappa shape index (κ3) is 3.02. The minimum absolute atomic E-state index is 0.0519. The molecular weight excluding hydrogens is 312 g/mol. The van der Waals surface area contributed by atoms with Crippen LogP contribution in [-0.4, -0.2) is 32.4 Å². The van der Waals surface area contributed by atoms with Crippen LogP contribution in [0.25, 0.3) is 11.0 Å². The van der Waals surface area contributed by atoms with Gasteiger partial charge in [-0.05, 0) is 24.3 Å². The molecule has 0 aliphatic rings. The lowest BCUT2D eigenvalue weighted by Crippen LogP contribution is -2.10. The Balaban J connectivity index is 1.85. The van der Waals surface area contributed by atoms with Gasteiger partial charge in [-0.25, -0.2) is 4.98 Å². The van der Waals surface area contributed by atoms with Gasteiger partial charge in [-0.2, -0.15) is 0 Å². The second-order valence-electron chi connectivity index (χ2n) is 5.25. The molecule has 0 aliphatic carbocycles. The number of aromatic nitrogens is 2. The highest BCUT2D eigenvalue weighted by Crippen LogP contribution is 2.21. The Labute approximate surface area is 136 Å². The van der Waals surface area contributed by atoms with Crippen LogP contribution >= 0.6 is 0 Å². The van der Waals surface area contributed by atoms with Gasteiger partial charge in [-0.1, -0.05) is 0 Å². The number of aliphatic carboxylic acids is 1. The van der Waals surface area contributed by atoms with Gasteiger partial charge in [-0.15, -0.1) is 0 Å². The maximum Gasteiger partial charge on any atom is 0.303 e. The van der Waals surface area contributed by atoms with Crippen molar-refractivity contribution in [3.63, 3.8) is 0 Å². The lowest BCUT2D eigenvalue weighted by Gasteiger charge is -1.96. The van der Waals surface area contributed by atoms with Crippen LogP contribution in [0.3, 0.4) is 0 Å². The number of aryl methyl sites for hydroxylation is 1. The van der Waals surface area contributed by atoms with E-state index >= 15 is 0 Å². The SMILES string of the molecule is N=C(N)c1ccc2oc(C(=O)n3cnc(CCC(=O)O)c3)cc2c1. The summed E-state index contributed by atoms with van der Waals surface area (Å²) < 4.78 is 6.77. The fourth-order valence-corrected chi connectivity index (χ4v) is 2.28. The molecule has 3 rings (SSSR count). The fourth-order valence-electron chi connectivity index (χ4n) is 2.28. The van der Waals surface area contributed by atoms with E-state index in [4.69, 9.17) is 20.7 Å². The van der Waals surface area contributed by atoms with Crippen molar-refractivity contribution in [3.8, 4) is 0 Å². The maximum atomic E-state index is 12.4. The number of benzene rings is 1. The third-order valence-electron chi connectivity index (χ3n) is 3.50. The summed E-state index contributed by atoms with van der Waals surface area (Å²) >= 11 is 0. The number of furan rings is 1. The van der Waals surface area contributed by atoms with Crippen molar-refractivity contribution >= 4 is 28.7 Å². The number of nitrogen functional groups attached to an aromatic ring is 1. The van der Waals surface area contributed by atoms with Crippen molar-refractivity contribution < 1.29 is 19.1 Å². The number of amidine groups is 1. The summed E-state index contributed by atoms with van der Waals surface area (Å²) in [5.41, 5.74) is 7.01. The number of nitrogens with zero attached hydrogens (tertiary/aromatic N) is 2. The van der Waals surface area contributed by atoms with Gasteiger partial charge in [0.2, 0.25) is 0 Å². The number of carbonyl (C=O) groups is 2. The van der Waals surface area contributed by atoms with Crippen LogP contribution in [0.1, 0.15) is 28.2 Å². The molecule has 8 heteroatoms. The number of carboxylic acids is 1. The fraction of sp³-hybridized carbons (Fsp3) is 0.125. The van der Waals surface area contributed by atoms with Crippen molar-refractivity contribution in [2.45, 2.75) is 12.8 Å². The summed E-state index contributed by atoms with van der Waals surface area (Å²) in [6.45, 7) is 0. The molecule has 1 aromatic carbocycles. The Kier molecular flexibility index (Phi) is 3.87. The molecule has 0 radical (unpaired) electrons. The lowest BCUT2D eigenvalue weighted by atomic mass is 10.1. The zero-order valence-corrected chi connectivity index (χ0v) is 12.5. The Hall–Kier alpha value is -3.42. The van der Waals surface area contributed by atoms with Crippen molar-refractivity contribution in [1.29, 1.82) is 5.41 Å². The molecule has 122 valence electrons. The molecule has 3 aromatic rings. The number of nitrogens with two attached hydrogens (primary N) is 1. The molecule has 4 N–H and O–H groups in total. The molecule has 2 aromatic heterocycles. The molecule has 0 bridgehead atoms. The van der Waals surface area contributed by atoms with E-state index in [9.17, 15) is 9.59 Å². The molecular formula is C16H14N4O4. The van der Waals surface area contributed by atoms with Crippen molar-refractivity contribution in [1.82, 2.24) is 9.55 Å². The van der Waals surface area contributed by atoms with E-state index in [0.717, 1.165) is 0 Å². The van der Waals surface area contributed by atoms with Crippen LogP contribution in [-0.2, 0) is 11.2 Å². The van der Waals surface area contributed by atoms with Gasteiger partial charge >= 0.3 is 5.97 Å². The Bertz CT molecular complexity index is 954. The summed E-state index contributed by atoms with van der Waals surface area (Å²) in [7, 11) is 0. The monoisotopic (exact) mass is 326 g/mol. The molecule has 8 nitrogen and oxygen atoms in total. The second-order valence-corrected chi connectivity index (χ2v) is 5.25. The van der Waals surface area contributed by atoms with E-state index in [1.165, 1.54) is 17.1 Å². The predicted molar refractivity (Wildman–Crippen MR) is 85.1 cm³/mol. The molecule has 0 aliphatic heterocycles. The van der Waals surface area contributed by atoms with E-state index in [-0.39, 0.29) is 24.4 Å². The first kappa shape index (κ1) is 15.5. The van der Waals surface area contributed by atoms with Crippen molar-refractivity contribution in [2.24, 2.45) is 5.73 Å². The normalized spacial score (nSPS) is 10.8. The number of carboxylic acid groups (broad SMARTS) is 1. The summed E-state index contributed by atoms with van der Waals surface area (Å²) in [6.07, 6.45) is 3.01. The van der Waals surface area contributed by atoms with Crippen molar-refractivity contribution in [2.75, 3.05) is 0 Å². The van der Waals surface area contributed by atoms with E-state index in [1.54, 1.807) is 24.3 Å². The third-order valence-corrected chi connectivity index (χ3v) is 3.50. The number of fused-ring (bicyclic) bond motifs is 1. The highest BCUT2D eigenvalue weighted by molar-refractivity contribution is 6.01. The summed E-state index contributed by atoms with van der Waals surface area (Å²) in [6, 6.07) is 6.53. The average molecular weight is 326 g/mol.